The molecular formula is C45H91NO3. The van der Waals surface area contributed by atoms with Crippen LogP contribution >= 0.6 is 0 Å². The molecule has 0 fully saturated rings. The molecule has 0 spiro atoms. The molecule has 3 N–H and O–H groups in total. The molecule has 0 heterocycles. The van der Waals surface area contributed by atoms with Gasteiger partial charge in [-0.05, 0) is 12.8 Å². The van der Waals surface area contributed by atoms with Gasteiger partial charge in [0.1, 0.15) is 0 Å². The van der Waals surface area contributed by atoms with E-state index in [2.05, 4.69) is 19.2 Å². The molecule has 49 heavy (non-hydrogen) atoms. The first-order valence-corrected chi connectivity index (χ1v) is 22.7. The Balaban J connectivity index is 3.44. The Hall–Kier alpha value is -0.610. The van der Waals surface area contributed by atoms with Gasteiger partial charge < -0.3 is 15.5 Å². The third-order valence-electron chi connectivity index (χ3n) is 10.9. The van der Waals surface area contributed by atoms with Crippen LogP contribution in [0.1, 0.15) is 264 Å². The van der Waals surface area contributed by atoms with Gasteiger partial charge in [-0.3, -0.25) is 4.79 Å². The van der Waals surface area contributed by atoms with Crippen LogP contribution in [0.25, 0.3) is 0 Å². The molecule has 0 aliphatic carbocycles. The summed E-state index contributed by atoms with van der Waals surface area (Å²) in [4.78, 5) is 12.4. The van der Waals surface area contributed by atoms with Crippen LogP contribution in [-0.4, -0.2) is 34.9 Å². The average molecular weight is 694 g/mol. The molecule has 0 aromatic carbocycles. The van der Waals surface area contributed by atoms with Gasteiger partial charge in [-0.1, -0.05) is 245 Å². The van der Waals surface area contributed by atoms with Crippen molar-refractivity contribution in [3.8, 4) is 0 Å². The van der Waals surface area contributed by atoms with Gasteiger partial charge in [-0.2, -0.15) is 0 Å². The zero-order chi connectivity index (χ0) is 35.7. The highest BCUT2D eigenvalue weighted by molar-refractivity contribution is 5.76. The molecule has 0 aliphatic heterocycles. The molecule has 0 aliphatic rings. The molecule has 2 unspecified atom stereocenters. The quantitative estimate of drug-likeness (QED) is 0.0557. The SMILES string of the molecule is CCCCCCCCCCCCCCCCCCCCCCCCC(=O)NC(CO)C(O)CCCCCCCCCCCCCCCCC. The van der Waals surface area contributed by atoms with Gasteiger partial charge in [-0.15, -0.1) is 0 Å². The smallest absolute Gasteiger partial charge is 0.220 e. The number of aliphatic hydroxyl groups is 2. The number of nitrogens with one attached hydrogen (secondary N) is 1. The summed E-state index contributed by atoms with van der Waals surface area (Å²) >= 11 is 0. The number of hydrogen-bond acceptors (Lipinski definition) is 3. The number of amides is 1. The predicted molar refractivity (Wildman–Crippen MR) is 216 cm³/mol. The molecular weight excluding hydrogens is 602 g/mol. The average Bonchev–Trinajstić information content (AvgIpc) is 3.10. The summed E-state index contributed by atoms with van der Waals surface area (Å²) in [6.45, 7) is 4.38. The molecule has 0 radical (unpaired) electrons. The minimum Gasteiger partial charge on any atom is -0.394 e. The Morgan fingerprint density at radius 1 is 0.408 bits per heavy atom. The summed E-state index contributed by atoms with van der Waals surface area (Å²) < 4.78 is 0. The Bertz CT molecular complexity index is 626. The lowest BCUT2D eigenvalue weighted by atomic mass is 10.0. The van der Waals surface area contributed by atoms with Gasteiger partial charge in [-0.25, -0.2) is 0 Å². The molecule has 0 aromatic rings. The van der Waals surface area contributed by atoms with Crippen LogP contribution in [0, 0.1) is 0 Å². The van der Waals surface area contributed by atoms with E-state index < -0.39 is 12.1 Å². The van der Waals surface area contributed by atoms with Crippen molar-refractivity contribution in [1.29, 1.82) is 0 Å². The summed E-state index contributed by atoms with van der Waals surface area (Å²) in [7, 11) is 0. The van der Waals surface area contributed by atoms with Gasteiger partial charge in [0.25, 0.3) is 0 Å². The van der Waals surface area contributed by atoms with Crippen LogP contribution < -0.4 is 5.32 Å². The van der Waals surface area contributed by atoms with Gasteiger partial charge in [0.2, 0.25) is 5.91 Å². The molecule has 0 bridgehead atoms. The molecule has 4 heteroatoms. The maximum absolute atomic E-state index is 12.4. The van der Waals surface area contributed by atoms with Crippen LogP contribution in [0.15, 0.2) is 0 Å². The normalized spacial score (nSPS) is 12.8. The van der Waals surface area contributed by atoms with Crippen LogP contribution in [-0.2, 0) is 4.79 Å². The van der Waals surface area contributed by atoms with E-state index in [4.69, 9.17) is 0 Å². The highest BCUT2D eigenvalue weighted by atomic mass is 16.3. The van der Waals surface area contributed by atoms with E-state index in [1.54, 1.807) is 0 Å². The number of carbonyl (C=O) groups is 1. The molecule has 4 nitrogen and oxygen atoms in total. The van der Waals surface area contributed by atoms with Crippen molar-refractivity contribution in [2.75, 3.05) is 6.61 Å². The van der Waals surface area contributed by atoms with Crippen molar-refractivity contribution < 1.29 is 15.0 Å². The first-order chi connectivity index (χ1) is 24.2. The first-order valence-electron chi connectivity index (χ1n) is 22.7. The highest BCUT2D eigenvalue weighted by Crippen LogP contribution is 2.17. The molecule has 1 amide bonds. The van der Waals surface area contributed by atoms with E-state index in [9.17, 15) is 15.0 Å². The van der Waals surface area contributed by atoms with Gasteiger partial charge in [0.15, 0.2) is 0 Å². The van der Waals surface area contributed by atoms with Crippen molar-refractivity contribution in [3.05, 3.63) is 0 Å². The van der Waals surface area contributed by atoms with Crippen molar-refractivity contribution in [2.24, 2.45) is 0 Å². The van der Waals surface area contributed by atoms with Crippen LogP contribution in [0.4, 0.5) is 0 Å². The fraction of sp³-hybridized carbons (Fsp3) is 0.978. The Morgan fingerprint density at radius 3 is 0.918 bits per heavy atom. The second-order valence-corrected chi connectivity index (χ2v) is 15.8. The van der Waals surface area contributed by atoms with Crippen molar-refractivity contribution in [2.45, 2.75) is 276 Å². The molecule has 0 saturated carbocycles. The number of unbranched alkanes of at least 4 members (excludes halogenated alkanes) is 35. The van der Waals surface area contributed by atoms with Crippen molar-refractivity contribution in [3.63, 3.8) is 0 Å². The largest absolute Gasteiger partial charge is 0.394 e. The number of carbonyl (C=O) groups excluding carboxylic acids is 1. The maximum atomic E-state index is 12.4. The third kappa shape index (κ3) is 38.5. The lowest BCUT2D eigenvalue weighted by molar-refractivity contribution is -0.123. The van der Waals surface area contributed by atoms with Crippen LogP contribution in [0.5, 0.6) is 0 Å². The summed E-state index contributed by atoms with van der Waals surface area (Å²) in [5.41, 5.74) is 0. The maximum Gasteiger partial charge on any atom is 0.220 e. The van der Waals surface area contributed by atoms with Gasteiger partial charge in [0, 0.05) is 6.42 Å². The fourth-order valence-electron chi connectivity index (χ4n) is 7.36. The summed E-state index contributed by atoms with van der Waals surface area (Å²) in [5, 5.41) is 23.2. The van der Waals surface area contributed by atoms with E-state index in [0.717, 1.165) is 25.7 Å². The number of hydrogen-bond donors (Lipinski definition) is 3. The number of rotatable bonds is 42. The second kappa shape index (κ2) is 41.8. The number of aliphatic hydroxyl groups excluding tert-OH is 2. The van der Waals surface area contributed by atoms with E-state index in [1.165, 1.54) is 212 Å². The second-order valence-electron chi connectivity index (χ2n) is 15.8. The van der Waals surface area contributed by atoms with Gasteiger partial charge >= 0.3 is 0 Å². The van der Waals surface area contributed by atoms with Crippen LogP contribution in [0.2, 0.25) is 0 Å². The first kappa shape index (κ1) is 48.4. The van der Waals surface area contributed by atoms with E-state index in [-0.39, 0.29) is 12.5 Å². The minimum atomic E-state index is -0.652. The van der Waals surface area contributed by atoms with Crippen molar-refractivity contribution >= 4 is 5.91 Å². The Morgan fingerprint density at radius 2 is 0.653 bits per heavy atom. The Kier molecular flexibility index (Phi) is 41.3. The summed E-state index contributed by atoms with van der Waals surface area (Å²) in [5.74, 6) is -0.0252. The zero-order valence-electron chi connectivity index (χ0n) is 33.7. The molecule has 2 atom stereocenters. The van der Waals surface area contributed by atoms with Gasteiger partial charge in [0.05, 0.1) is 18.8 Å². The lowest BCUT2D eigenvalue weighted by Gasteiger charge is -2.22. The Labute approximate surface area is 308 Å². The third-order valence-corrected chi connectivity index (χ3v) is 10.9. The topological polar surface area (TPSA) is 69.6 Å². The van der Waals surface area contributed by atoms with E-state index in [1.807, 2.05) is 0 Å². The zero-order valence-corrected chi connectivity index (χ0v) is 33.7. The van der Waals surface area contributed by atoms with E-state index >= 15 is 0 Å². The summed E-state index contributed by atoms with van der Waals surface area (Å²) in [6.07, 6.45) is 50.4. The van der Waals surface area contributed by atoms with E-state index in [0.29, 0.717) is 12.8 Å². The highest BCUT2D eigenvalue weighted by Gasteiger charge is 2.20. The molecule has 0 saturated heterocycles. The standard InChI is InChI=1S/C45H91NO3/c1-3-5-7-9-11-13-15-17-19-20-21-22-23-24-25-27-29-31-33-35-37-39-41-45(49)46-43(42-47)44(48)40-38-36-34-32-30-28-26-18-16-14-12-10-8-6-4-2/h43-44,47-48H,3-42H2,1-2H3,(H,46,49). The molecule has 0 aromatic heterocycles. The van der Waals surface area contributed by atoms with Crippen molar-refractivity contribution in [1.82, 2.24) is 5.32 Å². The predicted octanol–water partition coefficient (Wildman–Crippen LogP) is 14.1. The molecule has 0 rings (SSSR count). The molecule has 294 valence electrons. The minimum absolute atomic E-state index is 0.0252. The fourth-order valence-corrected chi connectivity index (χ4v) is 7.36. The lowest BCUT2D eigenvalue weighted by Crippen LogP contribution is -2.45. The summed E-state index contributed by atoms with van der Waals surface area (Å²) in [6, 6.07) is -0.529. The van der Waals surface area contributed by atoms with Crippen LogP contribution in [0.3, 0.4) is 0 Å². The monoisotopic (exact) mass is 694 g/mol.